The van der Waals surface area contributed by atoms with Gasteiger partial charge in [0.2, 0.25) is 0 Å². The maximum absolute atomic E-state index is 12.1. The lowest BCUT2D eigenvalue weighted by Crippen LogP contribution is -2.24. The molecule has 9 heteroatoms. The van der Waals surface area contributed by atoms with Crippen LogP contribution in [0.25, 0.3) is 0 Å². The Labute approximate surface area is 114 Å². The Balaban J connectivity index is 2.18. The summed E-state index contributed by atoms with van der Waals surface area (Å²) in [6, 6.07) is 0. The molecule has 0 spiro atoms. The number of aliphatic hydroxyl groups is 1. The van der Waals surface area contributed by atoms with Crippen molar-refractivity contribution in [3.05, 3.63) is 27.3 Å². The number of H-pyrrole nitrogens is 1. The lowest BCUT2D eigenvalue weighted by atomic mass is 10.3. The number of aromatic amines is 1. The van der Waals surface area contributed by atoms with E-state index < -0.39 is 10.0 Å². The molecule has 0 aliphatic carbocycles. The number of aliphatic hydroxyl groups excluding tert-OH is 1. The number of hydrogen-bond acceptors (Lipinski definition) is 6. The summed E-state index contributed by atoms with van der Waals surface area (Å²) >= 11 is 1.45. The summed E-state index contributed by atoms with van der Waals surface area (Å²) in [5, 5.41) is 18.0. The number of rotatable bonds is 5. The molecule has 0 radical (unpaired) electrons. The molecule has 0 aliphatic heterocycles. The van der Waals surface area contributed by atoms with Gasteiger partial charge in [0.1, 0.15) is 0 Å². The van der Waals surface area contributed by atoms with Gasteiger partial charge in [0.05, 0.1) is 23.9 Å². The van der Waals surface area contributed by atoms with Gasteiger partial charge in [-0.1, -0.05) is 0 Å². The van der Waals surface area contributed by atoms with Crippen molar-refractivity contribution < 1.29 is 13.5 Å². The predicted molar refractivity (Wildman–Crippen MR) is 70.1 cm³/mol. The SMILES string of the molecule is Cc1nc(CNS(=O)(=O)c2n[nH]c(C)c2CO)cs1. The molecule has 0 saturated heterocycles. The highest BCUT2D eigenvalue weighted by atomic mass is 32.2. The van der Waals surface area contributed by atoms with Crippen LogP contribution in [0.2, 0.25) is 0 Å². The monoisotopic (exact) mass is 302 g/mol. The van der Waals surface area contributed by atoms with Gasteiger partial charge in [-0.15, -0.1) is 11.3 Å². The van der Waals surface area contributed by atoms with Crippen LogP contribution in [0.15, 0.2) is 10.4 Å². The third-order valence-electron chi connectivity index (χ3n) is 2.56. The van der Waals surface area contributed by atoms with Gasteiger partial charge in [-0.25, -0.2) is 18.1 Å². The van der Waals surface area contributed by atoms with Crippen LogP contribution in [0, 0.1) is 13.8 Å². The van der Waals surface area contributed by atoms with Gasteiger partial charge in [0.15, 0.2) is 5.03 Å². The molecule has 104 valence electrons. The Morgan fingerprint density at radius 2 is 2.21 bits per heavy atom. The first-order valence-corrected chi connectivity index (χ1v) is 7.85. The standard InChI is InChI=1S/C10H14N4O3S2/c1-6-9(4-15)10(14-13-6)19(16,17)11-3-8-5-18-7(2)12-8/h5,11,15H,3-4H2,1-2H3,(H,13,14). The molecule has 0 aromatic carbocycles. The van der Waals surface area contributed by atoms with E-state index in [0.29, 0.717) is 11.4 Å². The predicted octanol–water partition coefficient (Wildman–Crippen LogP) is 0.454. The second-order valence-corrected chi connectivity index (χ2v) is 6.72. The quantitative estimate of drug-likeness (QED) is 0.743. The molecule has 2 heterocycles. The molecule has 0 saturated carbocycles. The third-order valence-corrected chi connectivity index (χ3v) is 4.75. The van der Waals surface area contributed by atoms with Gasteiger partial charge in [0, 0.05) is 16.6 Å². The van der Waals surface area contributed by atoms with E-state index in [1.165, 1.54) is 11.3 Å². The van der Waals surface area contributed by atoms with Gasteiger partial charge in [-0.05, 0) is 13.8 Å². The van der Waals surface area contributed by atoms with Crippen LogP contribution in [0.3, 0.4) is 0 Å². The first kappa shape index (κ1) is 14.1. The van der Waals surface area contributed by atoms with E-state index in [-0.39, 0.29) is 23.7 Å². The van der Waals surface area contributed by atoms with E-state index in [4.69, 9.17) is 0 Å². The molecular formula is C10H14N4O3S2. The normalized spacial score (nSPS) is 11.9. The molecule has 0 unspecified atom stereocenters. The van der Waals surface area contributed by atoms with Crippen molar-refractivity contribution in [1.29, 1.82) is 0 Å². The Morgan fingerprint density at radius 1 is 1.47 bits per heavy atom. The van der Waals surface area contributed by atoms with Crippen molar-refractivity contribution in [3.8, 4) is 0 Å². The van der Waals surface area contributed by atoms with Crippen LogP contribution in [0.1, 0.15) is 22.0 Å². The number of nitrogens with zero attached hydrogens (tertiary/aromatic N) is 2. The zero-order valence-electron chi connectivity index (χ0n) is 10.5. The van der Waals surface area contributed by atoms with Crippen molar-refractivity contribution in [2.75, 3.05) is 0 Å². The van der Waals surface area contributed by atoms with Gasteiger partial charge in [0.25, 0.3) is 10.0 Å². The molecule has 0 fully saturated rings. The minimum Gasteiger partial charge on any atom is -0.392 e. The maximum Gasteiger partial charge on any atom is 0.260 e. The van der Waals surface area contributed by atoms with Crippen molar-refractivity contribution >= 4 is 21.4 Å². The molecule has 0 amide bonds. The van der Waals surface area contributed by atoms with E-state index >= 15 is 0 Å². The largest absolute Gasteiger partial charge is 0.392 e. The van der Waals surface area contributed by atoms with E-state index in [0.717, 1.165) is 5.01 Å². The highest BCUT2D eigenvalue weighted by molar-refractivity contribution is 7.89. The summed E-state index contributed by atoms with van der Waals surface area (Å²) in [5.74, 6) is 0. The van der Waals surface area contributed by atoms with E-state index in [1.54, 1.807) is 12.3 Å². The Bertz CT molecular complexity index is 675. The molecule has 0 aliphatic rings. The Morgan fingerprint density at radius 3 is 2.79 bits per heavy atom. The van der Waals surface area contributed by atoms with Gasteiger partial charge in [-0.2, -0.15) is 5.10 Å². The fourth-order valence-electron chi connectivity index (χ4n) is 1.57. The summed E-state index contributed by atoms with van der Waals surface area (Å²) in [6.07, 6.45) is 0. The third kappa shape index (κ3) is 3.00. The van der Waals surface area contributed by atoms with E-state index in [9.17, 15) is 13.5 Å². The first-order chi connectivity index (χ1) is 8.94. The van der Waals surface area contributed by atoms with Crippen LogP contribution in [-0.2, 0) is 23.2 Å². The van der Waals surface area contributed by atoms with Crippen LogP contribution in [0.4, 0.5) is 0 Å². The van der Waals surface area contributed by atoms with E-state index in [1.807, 2.05) is 6.92 Å². The average molecular weight is 302 g/mol. The topological polar surface area (TPSA) is 108 Å². The summed E-state index contributed by atoms with van der Waals surface area (Å²) < 4.78 is 26.6. The molecule has 2 aromatic heterocycles. The van der Waals surface area contributed by atoms with Crippen LogP contribution >= 0.6 is 11.3 Å². The van der Waals surface area contributed by atoms with Crippen molar-refractivity contribution in [3.63, 3.8) is 0 Å². The fourth-order valence-corrected chi connectivity index (χ4v) is 3.36. The lowest BCUT2D eigenvalue weighted by molar-refractivity contribution is 0.277. The Kier molecular flexibility index (Phi) is 3.99. The van der Waals surface area contributed by atoms with Crippen molar-refractivity contribution in [1.82, 2.24) is 19.9 Å². The van der Waals surface area contributed by atoms with Gasteiger partial charge in [-0.3, -0.25) is 5.10 Å². The second-order valence-electron chi connectivity index (χ2n) is 3.97. The first-order valence-electron chi connectivity index (χ1n) is 5.49. The number of sulfonamides is 1. The minimum atomic E-state index is -3.76. The highest BCUT2D eigenvalue weighted by Crippen LogP contribution is 2.16. The molecule has 0 bridgehead atoms. The molecule has 19 heavy (non-hydrogen) atoms. The maximum atomic E-state index is 12.1. The number of aryl methyl sites for hydroxylation is 2. The molecule has 2 rings (SSSR count). The number of thiazole rings is 1. The summed E-state index contributed by atoms with van der Waals surface area (Å²) in [7, 11) is -3.76. The zero-order valence-corrected chi connectivity index (χ0v) is 12.1. The van der Waals surface area contributed by atoms with Crippen molar-refractivity contribution in [2.24, 2.45) is 0 Å². The second kappa shape index (κ2) is 5.37. The fraction of sp³-hybridized carbons (Fsp3) is 0.400. The van der Waals surface area contributed by atoms with Crippen LogP contribution < -0.4 is 4.72 Å². The number of aromatic nitrogens is 3. The number of hydrogen-bond donors (Lipinski definition) is 3. The molecule has 7 nitrogen and oxygen atoms in total. The summed E-state index contributed by atoms with van der Waals surface area (Å²) in [6.45, 7) is 3.23. The molecule has 0 atom stereocenters. The Hall–Kier alpha value is -1.29. The smallest absolute Gasteiger partial charge is 0.260 e. The summed E-state index contributed by atoms with van der Waals surface area (Å²) in [4.78, 5) is 4.17. The minimum absolute atomic E-state index is 0.101. The van der Waals surface area contributed by atoms with Crippen LogP contribution in [-0.4, -0.2) is 28.7 Å². The van der Waals surface area contributed by atoms with Gasteiger partial charge < -0.3 is 5.11 Å². The average Bonchev–Trinajstić information content (AvgIpc) is 2.93. The number of nitrogens with one attached hydrogen (secondary N) is 2. The summed E-state index contributed by atoms with van der Waals surface area (Å²) in [5.41, 5.74) is 1.47. The van der Waals surface area contributed by atoms with E-state index in [2.05, 4.69) is 19.9 Å². The molecule has 2 aromatic rings. The highest BCUT2D eigenvalue weighted by Gasteiger charge is 2.23. The molecule has 3 N–H and O–H groups in total. The molecular weight excluding hydrogens is 288 g/mol. The van der Waals surface area contributed by atoms with Crippen molar-refractivity contribution in [2.45, 2.75) is 32.0 Å². The van der Waals surface area contributed by atoms with Gasteiger partial charge >= 0.3 is 0 Å². The lowest BCUT2D eigenvalue weighted by Gasteiger charge is -2.04. The zero-order chi connectivity index (χ0) is 14.0. The van der Waals surface area contributed by atoms with Crippen LogP contribution in [0.5, 0.6) is 0 Å².